The number of hydrogen-bond acceptors (Lipinski definition) is 5. The van der Waals surface area contributed by atoms with Crippen molar-refractivity contribution in [3.8, 4) is 0 Å². The first kappa shape index (κ1) is 19.6. The molecule has 0 unspecified atom stereocenters. The number of nitrogens with zero attached hydrogens (tertiary/aromatic N) is 2. The van der Waals surface area contributed by atoms with Crippen LogP contribution >= 0.6 is 23.6 Å². The van der Waals surface area contributed by atoms with Gasteiger partial charge in [-0.3, -0.25) is 0 Å². The number of anilines is 2. The predicted molar refractivity (Wildman–Crippen MR) is 116 cm³/mol. The molecule has 0 aliphatic carbocycles. The van der Waals surface area contributed by atoms with E-state index in [2.05, 4.69) is 47.2 Å². The van der Waals surface area contributed by atoms with Gasteiger partial charge in [0.15, 0.2) is 5.11 Å². The average Bonchev–Trinajstić information content (AvgIpc) is 3.03. The lowest BCUT2D eigenvalue weighted by atomic mass is 10.1. The number of ether oxygens (including phenoxy) is 1. The first-order valence-corrected chi connectivity index (χ1v) is 10.2. The van der Waals surface area contributed by atoms with Gasteiger partial charge in [-0.05, 0) is 56.2 Å². The van der Waals surface area contributed by atoms with Crippen LogP contribution in [-0.4, -0.2) is 49.3 Å². The van der Waals surface area contributed by atoms with Gasteiger partial charge in [-0.25, -0.2) is 4.79 Å². The van der Waals surface area contributed by atoms with E-state index in [9.17, 15) is 4.79 Å². The molecule has 1 aromatic carbocycles. The predicted octanol–water partition coefficient (Wildman–Crippen LogP) is 3.98. The number of esters is 1. The average molecular weight is 404 g/mol. The highest BCUT2D eigenvalue weighted by molar-refractivity contribution is 7.80. The van der Waals surface area contributed by atoms with Crippen LogP contribution in [0.2, 0.25) is 0 Å². The minimum atomic E-state index is -0.343. The van der Waals surface area contributed by atoms with E-state index < -0.39 is 0 Å². The van der Waals surface area contributed by atoms with Crippen molar-refractivity contribution in [3.05, 3.63) is 45.8 Å². The van der Waals surface area contributed by atoms with Gasteiger partial charge in [0.25, 0.3) is 0 Å². The number of aryl methyl sites for hydroxylation is 2. The second kappa shape index (κ2) is 8.27. The molecule has 0 spiro atoms. The first-order chi connectivity index (χ1) is 12.9. The Bertz CT molecular complexity index is 855. The fourth-order valence-corrected chi connectivity index (χ4v) is 4.52. The van der Waals surface area contributed by atoms with Gasteiger partial charge in [-0.1, -0.05) is 12.1 Å². The zero-order chi connectivity index (χ0) is 19.6. The fourth-order valence-electron chi connectivity index (χ4n) is 3.27. The van der Waals surface area contributed by atoms with Crippen LogP contribution in [0.1, 0.15) is 26.4 Å². The molecule has 1 aliphatic rings. The molecule has 0 amide bonds. The molecule has 0 saturated carbocycles. The summed E-state index contributed by atoms with van der Waals surface area (Å²) in [4.78, 5) is 17.6. The number of rotatable bonds is 3. The Balaban J connectivity index is 1.64. The minimum Gasteiger partial charge on any atom is -0.465 e. The summed E-state index contributed by atoms with van der Waals surface area (Å²) in [6.07, 6.45) is 0. The molecule has 2 aromatic rings. The molecule has 7 heteroatoms. The number of nitrogens with one attached hydrogen (secondary N) is 1. The number of thiophene rings is 1. The molecule has 1 saturated heterocycles. The van der Waals surface area contributed by atoms with Crippen LogP contribution in [0.25, 0.3) is 0 Å². The Morgan fingerprint density at radius 2 is 1.89 bits per heavy atom. The van der Waals surface area contributed by atoms with Gasteiger partial charge in [0.2, 0.25) is 0 Å². The smallest absolute Gasteiger partial charge is 0.340 e. The third kappa shape index (κ3) is 4.25. The van der Waals surface area contributed by atoms with E-state index in [1.165, 1.54) is 35.3 Å². The molecular formula is C20H25N3O2S2. The van der Waals surface area contributed by atoms with Gasteiger partial charge in [-0.15, -0.1) is 11.3 Å². The quantitative estimate of drug-likeness (QED) is 0.618. The van der Waals surface area contributed by atoms with Gasteiger partial charge < -0.3 is 19.9 Å². The second-order valence-electron chi connectivity index (χ2n) is 6.71. The third-order valence-corrected chi connectivity index (χ3v) is 6.29. The van der Waals surface area contributed by atoms with E-state index in [0.29, 0.717) is 10.7 Å². The van der Waals surface area contributed by atoms with Crippen molar-refractivity contribution in [1.29, 1.82) is 0 Å². The van der Waals surface area contributed by atoms with Gasteiger partial charge in [-0.2, -0.15) is 0 Å². The monoisotopic (exact) mass is 403 g/mol. The van der Waals surface area contributed by atoms with E-state index >= 15 is 0 Å². The number of hydrogen-bond donors (Lipinski definition) is 1. The Kier molecular flexibility index (Phi) is 6.01. The summed E-state index contributed by atoms with van der Waals surface area (Å²) in [5.74, 6) is -0.343. The summed E-state index contributed by atoms with van der Waals surface area (Å²) in [7, 11) is 1.39. The Hall–Kier alpha value is -2.12. The molecule has 144 valence electrons. The zero-order valence-electron chi connectivity index (χ0n) is 16.2. The van der Waals surface area contributed by atoms with Gasteiger partial charge >= 0.3 is 5.97 Å². The van der Waals surface area contributed by atoms with Crippen molar-refractivity contribution in [3.63, 3.8) is 0 Å². The van der Waals surface area contributed by atoms with E-state index in [4.69, 9.17) is 17.0 Å². The molecular weight excluding hydrogens is 378 g/mol. The Labute approximate surface area is 169 Å². The lowest BCUT2D eigenvalue weighted by Gasteiger charge is -2.38. The molecule has 0 atom stereocenters. The number of benzene rings is 1. The van der Waals surface area contributed by atoms with Crippen LogP contribution in [-0.2, 0) is 4.74 Å². The second-order valence-corrected chi connectivity index (χ2v) is 8.36. The maximum Gasteiger partial charge on any atom is 0.340 e. The highest BCUT2D eigenvalue weighted by Gasteiger charge is 2.22. The number of piperazine rings is 1. The molecule has 1 N–H and O–H groups in total. The topological polar surface area (TPSA) is 44.8 Å². The molecule has 27 heavy (non-hydrogen) atoms. The van der Waals surface area contributed by atoms with Crippen LogP contribution in [0.5, 0.6) is 0 Å². The van der Waals surface area contributed by atoms with Crippen LogP contribution in [0, 0.1) is 20.8 Å². The minimum absolute atomic E-state index is 0.343. The molecule has 0 bridgehead atoms. The molecule has 1 fully saturated rings. The van der Waals surface area contributed by atoms with Crippen molar-refractivity contribution >= 4 is 45.3 Å². The highest BCUT2D eigenvalue weighted by Crippen LogP contribution is 2.29. The van der Waals surface area contributed by atoms with Gasteiger partial charge in [0, 0.05) is 36.7 Å². The normalized spacial score (nSPS) is 14.2. The number of carbonyl (C=O) groups excluding carboxylic acids is 1. The Morgan fingerprint density at radius 1 is 1.19 bits per heavy atom. The van der Waals surface area contributed by atoms with Crippen molar-refractivity contribution < 1.29 is 9.53 Å². The number of carbonyl (C=O) groups is 1. The molecule has 1 aliphatic heterocycles. The van der Waals surface area contributed by atoms with Crippen molar-refractivity contribution in [1.82, 2.24) is 4.90 Å². The highest BCUT2D eigenvalue weighted by atomic mass is 32.1. The Morgan fingerprint density at radius 3 is 2.56 bits per heavy atom. The molecule has 2 heterocycles. The van der Waals surface area contributed by atoms with Crippen LogP contribution in [0.3, 0.4) is 0 Å². The third-order valence-electron chi connectivity index (χ3n) is 4.96. The summed E-state index contributed by atoms with van der Waals surface area (Å²) >= 11 is 7.12. The number of thiocarbonyl (C=S) groups is 1. The summed E-state index contributed by atoms with van der Waals surface area (Å²) in [5.41, 5.74) is 4.49. The lowest BCUT2D eigenvalue weighted by molar-refractivity contribution is 0.0602. The van der Waals surface area contributed by atoms with E-state index in [-0.39, 0.29) is 5.97 Å². The molecule has 3 rings (SSSR count). The zero-order valence-corrected chi connectivity index (χ0v) is 17.8. The van der Waals surface area contributed by atoms with E-state index in [1.807, 2.05) is 13.0 Å². The standard InChI is InChI=1S/C20H25N3O2S2/c1-13-6-5-7-17(15(13)3)22-8-10-23(11-9-22)20(26)21-18-16(19(24)25-4)12-14(2)27-18/h5-7,12H,8-11H2,1-4H3,(H,21,26). The molecule has 5 nitrogen and oxygen atoms in total. The van der Waals surface area contributed by atoms with E-state index in [1.54, 1.807) is 0 Å². The summed E-state index contributed by atoms with van der Waals surface area (Å²) in [6.45, 7) is 9.81. The van der Waals surface area contributed by atoms with Gasteiger partial charge in [0.1, 0.15) is 5.00 Å². The summed E-state index contributed by atoms with van der Waals surface area (Å²) in [5, 5.41) is 4.65. The largest absolute Gasteiger partial charge is 0.465 e. The van der Waals surface area contributed by atoms with Crippen molar-refractivity contribution in [2.45, 2.75) is 20.8 Å². The van der Waals surface area contributed by atoms with Crippen molar-refractivity contribution in [2.75, 3.05) is 43.5 Å². The van der Waals surface area contributed by atoms with Crippen molar-refractivity contribution in [2.24, 2.45) is 0 Å². The van der Waals surface area contributed by atoms with Crippen LogP contribution < -0.4 is 10.2 Å². The summed E-state index contributed by atoms with van der Waals surface area (Å²) in [6, 6.07) is 8.28. The fraction of sp³-hybridized carbons (Fsp3) is 0.400. The van der Waals surface area contributed by atoms with Crippen LogP contribution in [0.4, 0.5) is 10.7 Å². The lowest BCUT2D eigenvalue weighted by Crippen LogP contribution is -2.50. The SMILES string of the molecule is COC(=O)c1cc(C)sc1NC(=S)N1CCN(c2cccc(C)c2C)CC1. The molecule has 0 radical (unpaired) electrons. The van der Waals surface area contributed by atoms with E-state index in [0.717, 1.165) is 36.1 Å². The van der Waals surface area contributed by atoms with Gasteiger partial charge in [0.05, 0.1) is 12.7 Å². The maximum atomic E-state index is 11.9. The summed E-state index contributed by atoms with van der Waals surface area (Å²) < 4.78 is 4.87. The molecule has 1 aromatic heterocycles. The maximum absolute atomic E-state index is 11.9. The number of methoxy groups -OCH3 is 1. The van der Waals surface area contributed by atoms with Crippen LogP contribution in [0.15, 0.2) is 24.3 Å². The first-order valence-electron chi connectivity index (χ1n) is 8.96.